The van der Waals surface area contributed by atoms with Crippen LogP contribution in [0.3, 0.4) is 0 Å². The number of nitrogens with zero attached hydrogens (tertiary/aromatic N) is 3. The highest BCUT2D eigenvalue weighted by Gasteiger charge is 2.19. The molecule has 2 N–H and O–H groups in total. The smallest absolute Gasteiger partial charge is 0.323 e. The molecule has 3 aromatic rings. The van der Waals surface area contributed by atoms with Gasteiger partial charge in [0.1, 0.15) is 11.6 Å². The minimum Gasteiger partial charge on any atom is -0.492 e. The van der Waals surface area contributed by atoms with Gasteiger partial charge in [0, 0.05) is 37.7 Å². The SMILES string of the molecule is CCOc1ccccc1NC(=O)Nc1ccc(N2CCN(Cc3ccccc3Cl)CC2)nc1. The van der Waals surface area contributed by atoms with Crippen molar-refractivity contribution in [2.75, 3.05) is 48.3 Å². The number of urea groups is 1. The first-order valence-corrected chi connectivity index (χ1v) is 11.5. The topological polar surface area (TPSA) is 69.7 Å². The van der Waals surface area contributed by atoms with Gasteiger partial charge in [-0.3, -0.25) is 4.90 Å². The van der Waals surface area contributed by atoms with Gasteiger partial charge in [-0.2, -0.15) is 0 Å². The van der Waals surface area contributed by atoms with E-state index in [1.54, 1.807) is 12.3 Å². The van der Waals surface area contributed by atoms with Gasteiger partial charge in [0.05, 0.1) is 24.2 Å². The molecule has 8 heteroatoms. The first kappa shape index (κ1) is 22.9. The molecule has 1 saturated heterocycles. The van der Waals surface area contributed by atoms with E-state index in [4.69, 9.17) is 16.3 Å². The zero-order valence-corrected chi connectivity index (χ0v) is 19.4. The summed E-state index contributed by atoms with van der Waals surface area (Å²) < 4.78 is 5.55. The van der Waals surface area contributed by atoms with Crippen LogP contribution < -0.4 is 20.3 Å². The molecule has 1 aliphatic rings. The molecule has 1 aliphatic heterocycles. The van der Waals surface area contributed by atoms with Crippen molar-refractivity contribution in [1.29, 1.82) is 0 Å². The van der Waals surface area contributed by atoms with Crippen molar-refractivity contribution >= 4 is 34.8 Å². The molecule has 33 heavy (non-hydrogen) atoms. The fourth-order valence-electron chi connectivity index (χ4n) is 3.79. The highest BCUT2D eigenvalue weighted by molar-refractivity contribution is 6.31. The Hall–Kier alpha value is -3.29. The molecule has 2 aromatic carbocycles. The van der Waals surface area contributed by atoms with E-state index in [1.807, 2.05) is 55.5 Å². The molecule has 0 unspecified atom stereocenters. The predicted octanol–water partition coefficient (Wildman–Crippen LogP) is 5.10. The van der Waals surface area contributed by atoms with E-state index in [0.29, 0.717) is 23.7 Å². The summed E-state index contributed by atoms with van der Waals surface area (Å²) in [5, 5.41) is 6.46. The van der Waals surface area contributed by atoms with E-state index in [-0.39, 0.29) is 6.03 Å². The van der Waals surface area contributed by atoms with Crippen LogP contribution in [0.5, 0.6) is 5.75 Å². The standard InChI is InChI=1S/C25H28ClN5O2/c1-2-33-23-10-6-5-9-22(23)29-25(32)28-20-11-12-24(27-17-20)31-15-13-30(14-16-31)18-19-7-3-4-8-21(19)26/h3-12,17H,2,13-16,18H2,1H3,(H2,28,29,32). The van der Waals surface area contributed by atoms with E-state index in [9.17, 15) is 4.79 Å². The number of benzene rings is 2. The van der Waals surface area contributed by atoms with E-state index < -0.39 is 0 Å². The van der Waals surface area contributed by atoms with Gasteiger partial charge in [-0.15, -0.1) is 0 Å². The Morgan fingerprint density at radius 2 is 1.76 bits per heavy atom. The molecule has 0 saturated carbocycles. The summed E-state index contributed by atoms with van der Waals surface area (Å²) in [6.07, 6.45) is 1.68. The van der Waals surface area contributed by atoms with Crippen molar-refractivity contribution in [3.05, 3.63) is 77.4 Å². The van der Waals surface area contributed by atoms with Crippen molar-refractivity contribution in [2.24, 2.45) is 0 Å². The normalized spacial score (nSPS) is 14.1. The number of pyridine rings is 1. The van der Waals surface area contributed by atoms with Gasteiger partial charge in [-0.25, -0.2) is 9.78 Å². The van der Waals surface area contributed by atoms with Crippen LogP contribution in [0.2, 0.25) is 5.02 Å². The van der Waals surface area contributed by atoms with Crippen LogP contribution in [0.15, 0.2) is 66.9 Å². The molecule has 0 radical (unpaired) electrons. The summed E-state index contributed by atoms with van der Waals surface area (Å²) in [7, 11) is 0. The van der Waals surface area contributed by atoms with Crippen molar-refractivity contribution in [3.8, 4) is 5.75 Å². The van der Waals surface area contributed by atoms with Crippen molar-refractivity contribution in [2.45, 2.75) is 13.5 Å². The molecule has 172 valence electrons. The number of aromatic nitrogens is 1. The Kier molecular flexibility index (Phi) is 7.65. The molecule has 1 aromatic heterocycles. The van der Waals surface area contributed by atoms with E-state index in [1.165, 1.54) is 0 Å². The summed E-state index contributed by atoms with van der Waals surface area (Å²) in [4.78, 5) is 21.6. The highest BCUT2D eigenvalue weighted by Crippen LogP contribution is 2.24. The lowest BCUT2D eigenvalue weighted by molar-refractivity contribution is 0.249. The number of para-hydroxylation sites is 2. The number of carbonyl (C=O) groups is 1. The lowest BCUT2D eigenvalue weighted by Crippen LogP contribution is -2.46. The number of nitrogens with one attached hydrogen (secondary N) is 2. The lowest BCUT2D eigenvalue weighted by atomic mass is 10.2. The van der Waals surface area contributed by atoms with Crippen LogP contribution in [0.25, 0.3) is 0 Å². The molecule has 0 atom stereocenters. The number of piperazine rings is 1. The van der Waals surface area contributed by atoms with Gasteiger partial charge in [-0.1, -0.05) is 41.9 Å². The van der Waals surface area contributed by atoms with Crippen LogP contribution in [-0.4, -0.2) is 48.7 Å². The fraction of sp³-hybridized carbons (Fsp3) is 0.280. The maximum atomic E-state index is 12.4. The molecule has 0 bridgehead atoms. The minimum absolute atomic E-state index is 0.343. The van der Waals surface area contributed by atoms with Crippen LogP contribution in [0.4, 0.5) is 22.0 Å². The van der Waals surface area contributed by atoms with Gasteiger partial charge < -0.3 is 20.3 Å². The third-order valence-corrected chi connectivity index (χ3v) is 5.86. The third kappa shape index (κ3) is 6.15. The van der Waals surface area contributed by atoms with Gasteiger partial charge in [0.15, 0.2) is 0 Å². The largest absolute Gasteiger partial charge is 0.492 e. The zero-order valence-electron chi connectivity index (χ0n) is 18.6. The van der Waals surface area contributed by atoms with Crippen LogP contribution in [0.1, 0.15) is 12.5 Å². The number of rotatable bonds is 7. The monoisotopic (exact) mass is 465 g/mol. The number of carbonyl (C=O) groups excluding carboxylic acids is 1. The molecule has 7 nitrogen and oxygen atoms in total. The Morgan fingerprint density at radius 3 is 2.48 bits per heavy atom. The average molecular weight is 466 g/mol. The summed E-state index contributed by atoms with van der Waals surface area (Å²) >= 11 is 6.30. The zero-order chi connectivity index (χ0) is 23.0. The van der Waals surface area contributed by atoms with Crippen LogP contribution in [-0.2, 0) is 6.54 Å². The maximum absolute atomic E-state index is 12.4. The predicted molar refractivity (Wildman–Crippen MR) is 133 cm³/mol. The second-order valence-corrected chi connectivity index (χ2v) is 8.18. The second-order valence-electron chi connectivity index (χ2n) is 7.77. The summed E-state index contributed by atoms with van der Waals surface area (Å²) in [5.41, 5.74) is 2.40. The van der Waals surface area contributed by atoms with Crippen molar-refractivity contribution in [3.63, 3.8) is 0 Å². The average Bonchev–Trinajstić information content (AvgIpc) is 2.83. The fourth-order valence-corrected chi connectivity index (χ4v) is 3.98. The Morgan fingerprint density at radius 1 is 1.00 bits per heavy atom. The Balaban J connectivity index is 1.28. The number of ether oxygens (including phenoxy) is 1. The van der Waals surface area contributed by atoms with Gasteiger partial charge in [-0.05, 0) is 42.8 Å². The molecular weight excluding hydrogens is 438 g/mol. The number of amides is 2. The molecule has 2 amide bonds. The highest BCUT2D eigenvalue weighted by atomic mass is 35.5. The number of anilines is 3. The molecule has 1 fully saturated rings. The number of hydrogen-bond acceptors (Lipinski definition) is 5. The van der Waals surface area contributed by atoms with Crippen molar-refractivity contribution < 1.29 is 9.53 Å². The minimum atomic E-state index is -0.343. The molecule has 2 heterocycles. The quantitative estimate of drug-likeness (QED) is 0.508. The number of halogens is 1. The van der Waals surface area contributed by atoms with Gasteiger partial charge in [0.25, 0.3) is 0 Å². The molecule has 0 spiro atoms. The van der Waals surface area contributed by atoms with Gasteiger partial charge in [0.2, 0.25) is 0 Å². The summed E-state index contributed by atoms with van der Waals surface area (Å²) in [5.74, 6) is 1.54. The summed E-state index contributed by atoms with van der Waals surface area (Å²) in [6, 6.07) is 18.8. The number of hydrogen-bond donors (Lipinski definition) is 2. The Labute approximate surface area is 199 Å². The Bertz CT molecular complexity index is 1070. The molecule has 0 aliphatic carbocycles. The third-order valence-electron chi connectivity index (χ3n) is 5.49. The van der Waals surface area contributed by atoms with E-state index in [0.717, 1.165) is 49.1 Å². The lowest BCUT2D eigenvalue weighted by Gasteiger charge is -2.35. The summed E-state index contributed by atoms with van der Waals surface area (Å²) in [6.45, 7) is 6.94. The van der Waals surface area contributed by atoms with Gasteiger partial charge >= 0.3 is 6.03 Å². The van der Waals surface area contributed by atoms with Crippen LogP contribution in [0, 0.1) is 0 Å². The molecular formula is C25H28ClN5O2. The van der Waals surface area contributed by atoms with Crippen molar-refractivity contribution in [1.82, 2.24) is 9.88 Å². The first-order valence-electron chi connectivity index (χ1n) is 11.1. The second kappa shape index (κ2) is 11.0. The van der Waals surface area contributed by atoms with Crippen LogP contribution >= 0.6 is 11.6 Å². The van der Waals surface area contributed by atoms with E-state index in [2.05, 4.69) is 31.5 Å². The van der Waals surface area contributed by atoms with E-state index >= 15 is 0 Å². The molecule has 4 rings (SSSR count). The maximum Gasteiger partial charge on any atom is 0.323 e. The first-order chi connectivity index (χ1) is 16.1.